The Hall–Kier alpha value is -3.58. The number of carbonyl (C=O) groups is 1. The van der Waals surface area contributed by atoms with Crippen molar-refractivity contribution in [3.8, 4) is 5.75 Å². The lowest BCUT2D eigenvalue weighted by atomic mass is 10.1. The molecule has 0 bridgehead atoms. The summed E-state index contributed by atoms with van der Waals surface area (Å²) >= 11 is 0. The summed E-state index contributed by atoms with van der Waals surface area (Å²) in [6, 6.07) is 21.2. The van der Waals surface area contributed by atoms with Crippen LogP contribution in [0.15, 0.2) is 83.8 Å². The summed E-state index contributed by atoms with van der Waals surface area (Å²) in [7, 11) is -3.79. The first-order valence-electron chi connectivity index (χ1n) is 11.0. The van der Waals surface area contributed by atoms with Crippen LogP contribution in [0.25, 0.3) is 6.08 Å². The van der Waals surface area contributed by atoms with Crippen molar-refractivity contribution in [1.29, 1.82) is 0 Å². The molecule has 0 atom stereocenters. The highest BCUT2D eigenvalue weighted by Gasteiger charge is 2.28. The van der Waals surface area contributed by atoms with E-state index < -0.39 is 16.0 Å². The molecule has 0 fully saturated rings. The lowest BCUT2D eigenvalue weighted by Crippen LogP contribution is -2.34. The Labute approximate surface area is 201 Å². The van der Waals surface area contributed by atoms with E-state index in [0.29, 0.717) is 18.0 Å². The highest BCUT2D eigenvalue weighted by Crippen LogP contribution is 2.35. The standard InChI is InChI=1S/C27H29NO5S/c1-20(2)18-28(34(31,32)24-7-5-4-6-8-24)25-17-21(3)9-15-26(25)33-19-23-12-10-22(11-13-23)14-16-27(29)30/h4-17,20H,18-19H2,1-3H3,(H,29,30)/b16-14+. The fourth-order valence-electron chi connectivity index (χ4n) is 3.38. The molecule has 0 aliphatic carbocycles. The molecule has 0 spiro atoms. The first-order valence-corrected chi connectivity index (χ1v) is 12.4. The van der Waals surface area contributed by atoms with Crippen LogP contribution in [0.1, 0.15) is 30.5 Å². The minimum absolute atomic E-state index is 0.0956. The SMILES string of the molecule is Cc1ccc(OCc2ccc(/C=C/C(=O)O)cc2)c(N(CC(C)C)S(=O)(=O)c2ccccc2)c1. The van der Waals surface area contributed by atoms with E-state index in [2.05, 4.69) is 0 Å². The topological polar surface area (TPSA) is 83.9 Å². The minimum Gasteiger partial charge on any atom is -0.487 e. The summed E-state index contributed by atoms with van der Waals surface area (Å²) in [6.45, 7) is 6.41. The fourth-order valence-corrected chi connectivity index (χ4v) is 5.03. The zero-order valence-electron chi connectivity index (χ0n) is 19.5. The molecule has 34 heavy (non-hydrogen) atoms. The van der Waals surface area contributed by atoms with E-state index >= 15 is 0 Å². The van der Waals surface area contributed by atoms with Crippen LogP contribution in [-0.4, -0.2) is 26.0 Å². The van der Waals surface area contributed by atoms with Crippen LogP contribution in [0.2, 0.25) is 0 Å². The van der Waals surface area contributed by atoms with Crippen molar-refractivity contribution in [2.75, 3.05) is 10.8 Å². The molecule has 0 unspecified atom stereocenters. The molecule has 0 heterocycles. The number of carboxylic acids is 1. The summed E-state index contributed by atoms with van der Waals surface area (Å²) in [5, 5.41) is 8.76. The molecule has 6 nitrogen and oxygen atoms in total. The number of rotatable bonds is 10. The van der Waals surface area contributed by atoms with Crippen LogP contribution in [0.5, 0.6) is 5.75 Å². The molecule has 3 aromatic rings. The molecule has 0 saturated heterocycles. The van der Waals surface area contributed by atoms with Gasteiger partial charge in [-0.2, -0.15) is 0 Å². The van der Waals surface area contributed by atoms with Gasteiger partial charge in [0, 0.05) is 12.6 Å². The maximum Gasteiger partial charge on any atom is 0.328 e. The molecule has 178 valence electrons. The number of benzene rings is 3. The van der Waals surface area contributed by atoms with E-state index in [1.807, 2.05) is 45.0 Å². The summed E-state index contributed by atoms with van der Waals surface area (Å²) in [6.07, 6.45) is 2.60. The Balaban J connectivity index is 1.91. The molecule has 0 aliphatic heterocycles. The van der Waals surface area contributed by atoms with Crippen LogP contribution in [0.4, 0.5) is 5.69 Å². The van der Waals surface area contributed by atoms with E-state index in [9.17, 15) is 13.2 Å². The van der Waals surface area contributed by atoms with Gasteiger partial charge >= 0.3 is 5.97 Å². The first kappa shape index (κ1) is 25.1. The number of ether oxygens (including phenoxy) is 1. The molecule has 3 aromatic carbocycles. The van der Waals surface area contributed by atoms with Crippen molar-refractivity contribution < 1.29 is 23.1 Å². The van der Waals surface area contributed by atoms with E-state index in [1.165, 1.54) is 10.4 Å². The van der Waals surface area contributed by atoms with Gasteiger partial charge in [-0.3, -0.25) is 4.31 Å². The van der Waals surface area contributed by atoms with Crippen LogP contribution in [-0.2, 0) is 21.4 Å². The zero-order chi connectivity index (χ0) is 24.7. The average molecular weight is 480 g/mol. The van der Waals surface area contributed by atoms with Gasteiger partial charge in [0.25, 0.3) is 10.0 Å². The predicted molar refractivity (Wildman–Crippen MR) is 134 cm³/mol. The van der Waals surface area contributed by atoms with Gasteiger partial charge in [0.15, 0.2) is 0 Å². The maximum atomic E-state index is 13.6. The zero-order valence-corrected chi connectivity index (χ0v) is 20.3. The Morgan fingerprint density at radius 1 is 1.03 bits per heavy atom. The Bertz CT molecular complexity index is 1250. The molecule has 0 saturated carbocycles. The Morgan fingerprint density at radius 2 is 1.71 bits per heavy atom. The number of nitrogens with zero attached hydrogens (tertiary/aromatic N) is 1. The first-order chi connectivity index (χ1) is 16.2. The monoisotopic (exact) mass is 479 g/mol. The molecule has 0 aliphatic rings. The van der Waals surface area contributed by atoms with E-state index in [0.717, 1.165) is 22.8 Å². The van der Waals surface area contributed by atoms with Gasteiger partial charge in [-0.25, -0.2) is 13.2 Å². The molecular weight excluding hydrogens is 450 g/mol. The predicted octanol–water partition coefficient (Wildman–Crippen LogP) is 5.52. The van der Waals surface area contributed by atoms with Crippen molar-refractivity contribution in [3.05, 3.63) is 95.6 Å². The number of carboxylic acid groups (broad SMARTS) is 1. The van der Waals surface area contributed by atoms with Gasteiger partial charge in [-0.1, -0.05) is 62.4 Å². The average Bonchev–Trinajstić information content (AvgIpc) is 2.81. The molecule has 7 heteroatoms. The second-order valence-electron chi connectivity index (χ2n) is 8.42. The van der Waals surface area contributed by atoms with E-state index in [-0.39, 0.29) is 17.4 Å². The lowest BCUT2D eigenvalue weighted by Gasteiger charge is -2.28. The number of hydrogen-bond donors (Lipinski definition) is 1. The van der Waals surface area contributed by atoms with Crippen molar-refractivity contribution in [2.24, 2.45) is 5.92 Å². The second kappa shape index (κ2) is 11.0. The molecule has 0 amide bonds. The van der Waals surface area contributed by atoms with Crippen molar-refractivity contribution in [2.45, 2.75) is 32.3 Å². The van der Waals surface area contributed by atoms with E-state index in [1.54, 1.807) is 48.5 Å². The van der Waals surface area contributed by atoms with Gasteiger partial charge < -0.3 is 9.84 Å². The maximum absolute atomic E-state index is 13.6. The smallest absolute Gasteiger partial charge is 0.328 e. The number of anilines is 1. The number of aliphatic carboxylic acids is 1. The molecule has 1 N–H and O–H groups in total. The largest absolute Gasteiger partial charge is 0.487 e. The third kappa shape index (κ3) is 6.48. The van der Waals surface area contributed by atoms with Crippen molar-refractivity contribution >= 4 is 27.8 Å². The normalized spacial score (nSPS) is 11.6. The van der Waals surface area contributed by atoms with Crippen LogP contribution < -0.4 is 9.04 Å². The second-order valence-corrected chi connectivity index (χ2v) is 10.3. The molecule has 0 aromatic heterocycles. The number of sulfonamides is 1. The molecule has 0 radical (unpaired) electrons. The van der Waals surface area contributed by atoms with Crippen molar-refractivity contribution in [3.63, 3.8) is 0 Å². The summed E-state index contributed by atoms with van der Waals surface area (Å²) in [5.41, 5.74) is 3.06. The van der Waals surface area contributed by atoms with E-state index in [4.69, 9.17) is 9.84 Å². The number of aryl methyl sites for hydroxylation is 1. The van der Waals surface area contributed by atoms with Gasteiger partial charge in [0.1, 0.15) is 12.4 Å². The summed E-state index contributed by atoms with van der Waals surface area (Å²) in [5.74, 6) is -0.436. The molecular formula is C27H29NO5S. The fraction of sp³-hybridized carbons (Fsp3) is 0.222. The van der Waals surface area contributed by atoms with Crippen LogP contribution >= 0.6 is 0 Å². The lowest BCUT2D eigenvalue weighted by molar-refractivity contribution is -0.131. The highest BCUT2D eigenvalue weighted by atomic mass is 32.2. The van der Waals surface area contributed by atoms with Gasteiger partial charge in [-0.15, -0.1) is 0 Å². The van der Waals surface area contributed by atoms with Gasteiger partial charge in [0.2, 0.25) is 0 Å². The van der Waals surface area contributed by atoms with Gasteiger partial charge in [-0.05, 0) is 59.9 Å². The molecule has 3 rings (SSSR count). The third-order valence-electron chi connectivity index (χ3n) is 5.04. The minimum atomic E-state index is -3.79. The third-order valence-corrected chi connectivity index (χ3v) is 6.83. The summed E-state index contributed by atoms with van der Waals surface area (Å²) < 4.78 is 34.7. The summed E-state index contributed by atoms with van der Waals surface area (Å²) in [4.78, 5) is 10.9. The van der Waals surface area contributed by atoms with Crippen LogP contribution in [0, 0.1) is 12.8 Å². The van der Waals surface area contributed by atoms with Crippen LogP contribution in [0.3, 0.4) is 0 Å². The van der Waals surface area contributed by atoms with Crippen molar-refractivity contribution in [1.82, 2.24) is 0 Å². The Kier molecular flexibility index (Phi) is 8.12. The highest BCUT2D eigenvalue weighted by molar-refractivity contribution is 7.92. The Morgan fingerprint density at radius 3 is 2.32 bits per heavy atom. The quantitative estimate of drug-likeness (QED) is 0.387. The van der Waals surface area contributed by atoms with Gasteiger partial charge in [0.05, 0.1) is 10.6 Å². The number of hydrogen-bond acceptors (Lipinski definition) is 4.